The highest BCUT2D eigenvalue weighted by atomic mass is 32.2. The monoisotopic (exact) mass is 290 g/mol. The molecule has 20 heavy (non-hydrogen) atoms. The van der Waals surface area contributed by atoms with Gasteiger partial charge in [0.1, 0.15) is 5.82 Å². The molecule has 106 valence electrons. The zero-order valence-corrected chi connectivity index (χ0v) is 12.5. The predicted octanol–water partition coefficient (Wildman–Crippen LogP) is 2.65. The molecular weight excluding hydrogens is 272 g/mol. The fourth-order valence-corrected chi connectivity index (χ4v) is 2.07. The van der Waals surface area contributed by atoms with Gasteiger partial charge in [-0.25, -0.2) is 4.98 Å². The predicted molar refractivity (Wildman–Crippen MR) is 81.4 cm³/mol. The van der Waals surface area contributed by atoms with Crippen LogP contribution in [-0.2, 0) is 6.42 Å². The fourth-order valence-electron chi connectivity index (χ4n) is 1.70. The first-order valence-corrected chi connectivity index (χ1v) is 7.67. The van der Waals surface area contributed by atoms with Crippen molar-refractivity contribution in [2.24, 2.45) is 0 Å². The number of anilines is 1. The molecule has 0 saturated heterocycles. The lowest BCUT2D eigenvalue weighted by molar-refractivity contribution is 0.296. The molecule has 0 fully saturated rings. The van der Waals surface area contributed by atoms with Crippen molar-refractivity contribution in [3.63, 3.8) is 0 Å². The maximum absolute atomic E-state index is 5.69. The third-order valence-corrected chi connectivity index (χ3v) is 3.28. The van der Waals surface area contributed by atoms with E-state index in [2.05, 4.69) is 20.3 Å². The molecular formula is C14H18N4OS. The largest absolute Gasteiger partial charge is 0.477 e. The Morgan fingerprint density at radius 1 is 1.25 bits per heavy atom. The maximum Gasteiger partial charge on any atom is 0.219 e. The van der Waals surface area contributed by atoms with Crippen LogP contribution in [0.15, 0.2) is 35.7 Å². The number of aromatic nitrogens is 3. The van der Waals surface area contributed by atoms with Crippen molar-refractivity contribution in [3.8, 4) is 5.88 Å². The van der Waals surface area contributed by atoms with E-state index < -0.39 is 0 Å². The lowest BCUT2D eigenvalue weighted by atomic mass is 10.1. The number of aryl methyl sites for hydroxylation is 1. The summed E-state index contributed by atoms with van der Waals surface area (Å²) in [5.74, 6) is 1.39. The number of nitrogens with zero attached hydrogens (tertiary/aromatic N) is 3. The van der Waals surface area contributed by atoms with Crippen LogP contribution in [0.5, 0.6) is 5.88 Å². The number of nitrogens with one attached hydrogen (secondary N) is 1. The minimum Gasteiger partial charge on any atom is -0.477 e. The van der Waals surface area contributed by atoms with Gasteiger partial charge in [0.05, 0.1) is 6.61 Å². The molecule has 0 amide bonds. The molecule has 0 aliphatic carbocycles. The number of ether oxygens (including phenoxy) is 1. The second kappa shape index (κ2) is 7.69. The standard InChI is InChI=1S/C14H18N4OS/c1-15-12-10-13(18-14(17-12)20-2)19-9-3-4-11-5-7-16-8-6-11/h5-8,10H,3-4,9H2,1-2H3,(H,15,17,18). The molecule has 0 atom stereocenters. The summed E-state index contributed by atoms with van der Waals surface area (Å²) in [6.45, 7) is 0.635. The summed E-state index contributed by atoms with van der Waals surface area (Å²) in [4.78, 5) is 12.6. The molecule has 1 N–H and O–H groups in total. The second-order valence-corrected chi connectivity index (χ2v) is 4.91. The first-order chi connectivity index (χ1) is 9.81. The third-order valence-electron chi connectivity index (χ3n) is 2.73. The van der Waals surface area contributed by atoms with Crippen LogP contribution in [-0.4, -0.2) is 34.9 Å². The normalized spacial score (nSPS) is 10.3. The molecule has 0 aliphatic heterocycles. The highest BCUT2D eigenvalue weighted by Crippen LogP contribution is 2.18. The fraction of sp³-hybridized carbons (Fsp3) is 0.357. The average molecular weight is 290 g/mol. The lowest BCUT2D eigenvalue weighted by Crippen LogP contribution is -2.03. The van der Waals surface area contributed by atoms with Gasteiger partial charge < -0.3 is 10.1 Å². The molecule has 0 aromatic carbocycles. The van der Waals surface area contributed by atoms with Crippen LogP contribution in [0.1, 0.15) is 12.0 Å². The van der Waals surface area contributed by atoms with Gasteiger partial charge in [-0.3, -0.25) is 4.98 Å². The Morgan fingerprint density at radius 2 is 2.05 bits per heavy atom. The third kappa shape index (κ3) is 4.38. The van der Waals surface area contributed by atoms with E-state index in [0.717, 1.165) is 18.7 Å². The Balaban J connectivity index is 1.84. The van der Waals surface area contributed by atoms with Crippen LogP contribution in [0.4, 0.5) is 5.82 Å². The summed E-state index contributed by atoms with van der Waals surface area (Å²) >= 11 is 1.50. The summed E-state index contributed by atoms with van der Waals surface area (Å²) in [7, 11) is 1.83. The van der Waals surface area contributed by atoms with Crippen molar-refractivity contribution in [1.82, 2.24) is 15.0 Å². The van der Waals surface area contributed by atoms with Crippen molar-refractivity contribution in [2.45, 2.75) is 18.0 Å². The van der Waals surface area contributed by atoms with Gasteiger partial charge in [0.25, 0.3) is 0 Å². The molecule has 6 heteroatoms. The van der Waals surface area contributed by atoms with Crippen molar-refractivity contribution in [2.75, 3.05) is 25.2 Å². The Morgan fingerprint density at radius 3 is 2.75 bits per heavy atom. The first-order valence-electron chi connectivity index (χ1n) is 6.44. The number of pyridine rings is 1. The molecule has 2 rings (SSSR count). The summed E-state index contributed by atoms with van der Waals surface area (Å²) in [5, 5.41) is 3.72. The van der Waals surface area contributed by atoms with Crippen molar-refractivity contribution in [1.29, 1.82) is 0 Å². The maximum atomic E-state index is 5.69. The van der Waals surface area contributed by atoms with Gasteiger partial charge in [-0.05, 0) is 36.8 Å². The van der Waals surface area contributed by atoms with Crippen molar-refractivity contribution >= 4 is 17.6 Å². The number of hydrogen-bond donors (Lipinski definition) is 1. The van der Waals surface area contributed by atoms with Gasteiger partial charge >= 0.3 is 0 Å². The van der Waals surface area contributed by atoms with Gasteiger partial charge in [0.15, 0.2) is 5.16 Å². The van der Waals surface area contributed by atoms with Crippen LogP contribution in [0.3, 0.4) is 0 Å². The van der Waals surface area contributed by atoms with Crippen LogP contribution < -0.4 is 10.1 Å². The Bertz CT molecular complexity index is 514. The number of thioether (sulfide) groups is 1. The zero-order valence-electron chi connectivity index (χ0n) is 11.7. The highest BCUT2D eigenvalue weighted by Gasteiger charge is 2.04. The van der Waals surface area contributed by atoms with E-state index in [1.165, 1.54) is 17.3 Å². The van der Waals surface area contributed by atoms with E-state index >= 15 is 0 Å². The van der Waals surface area contributed by atoms with E-state index in [1.54, 1.807) is 0 Å². The van der Waals surface area contributed by atoms with Crippen molar-refractivity contribution in [3.05, 3.63) is 36.2 Å². The molecule has 2 aromatic heterocycles. The van der Waals surface area contributed by atoms with E-state index in [4.69, 9.17) is 4.74 Å². The molecule has 0 unspecified atom stereocenters. The first kappa shape index (κ1) is 14.6. The molecule has 0 spiro atoms. The smallest absolute Gasteiger partial charge is 0.219 e. The summed E-state index contributed by atoms with van der Waals surface area (Å²) in [6, 6.07) is 5.86. The Kier molecular flexibility index (Phi) is 5.61. The Labute approximate surface area is 123 Å². The highest BCUT2D eigenvalue weighted by molar-refractivity contribution is 7.98. The van der Waals surface area contributed by atoms with Gasteiger partial charge in [0, 0.05) is 25.5 Å². The van der Waals surface area contributed by atoms with Gasteiger partial charge in [0.2, 0.25) is 5.88 Å². The van der Waals surface area contributed by atoms with Crippen LogP contribution in [0.2, 0.25) is 0 Å². The average Bonchev–Trinajstić information content (AvgIpc) is 2.52. The molecule has 2 aromatic rings. The second-order valence-electron chi connectivity index (χ2n) is 4.14. The van der Waals surface area contributed by atoms with E-state index in [1.807, 2.05) is 43.9 Å². The lowest BCUT2D eigenvalue weighted by Gasteiger charge is -2.08. The molecule has 0 aliphatic rings. The number of hydrogen-bond acceptors (Lipinski definition) is 6. The van der Waals surface area contributed by atoms with Crippen LogP contribution >= 0.6 is 11.8 Å². The minimum absolute atomic E-state index is 0.614. The minimum atomic E-state index is 0.614. The summed E-state index contributed by atoms with van der Waals surface area (Å²) < 4.78 is 5.69. The number of rotatable bonds is 7. The molecule has 5 nitrogen and oxygen atoms in total. The molecule has 0 saturated carbocycles. The molecule has 0 radical (unpaired) electrons. The van der Waals surface area contributed by atoms with Crippen molar-refractivity contribution < 1.29 is 4.74 Å². The van der Waals surface area contributed by atoms with Crippen LogP contribution in [0.25, 0.3) is 0 Å². The van der Waals surface area contributed by atoms with E-state index in [9.17, 15) is 0 Å². The summed E-state index contributed by atoms with van der Waals surface area (Å²) in [5.41, 5.74) is 1.27. The van der Waals surface area contributed by atoms with Gasteiger partial charge in [-0.15, -0.1) is 0 Å². The Hall–Kier alpha value is -1.82. The SMILES string of the molecule is CNc1cc(OCCCc2ccncc2)nc(SC)n1. The quantitative estimate of drug-likeness (QED) is 0.480. The molecule has 0 bridgehead atoms. The zero-order chi connectivity index (χ0) is 14.2. The van der Waals surface area contributed by atoms with Gasteiger partial charge in [-0.1, -0.05) is 11.8 Å². The molecule has 2 heterocycles. The van der Waals surface area contributed by atoms with Crippen LogP contribution in [0, 0.1) is 0 Å². The van der Waals surface area contributed by atoms with E-state index in [0.29, 0.717) is 17.6 Å². The topological polar surface area (TPSA) is 59.9 Å². The van der Waals surface area contributed by atoms with E-state index in [-0.39, 0.29) is 0 Å². The van der Waals surface area contributed by atoms with Gasteiger partial charge in [-0.2, -0.15) is 4.98 Å². The summed E-state index contributed by atoms with van der Waals surface area (Å²) in [6.07, 6.45) is 7.48.